The van der Waals surface area contributed by atoms with Crippen LogP contribution in [0.15, 0.2) is 42.5 Å². The van der Waals surface area contributed by atoms with Crippen LogP contribution in [-0.2, 0) is 29.8 Å². The van der Waals surface area contributed by atoms with Gasteiger partial charge >= 0.3 is 5.97 Å². The predicted octanol–water partition coefficient (Wildman–Crippen LogP) is 6.61. The topological polar surface area (TPSA) is 76.8 Å². The van der Waals surface area contributed by atoms with Gasteiger partial charge < -0.3 is 19.1 Å². The molecule has 10 heteroatoms. The fourth-order valence-electron chi connectivity index (χ4n) is 6.56. The Bertz CT molecular complexity index is 1640. The molecule has 0 bridgehead atoms. The number of hydrogen-bond acceptors (Lipinski definition) is 6. The van der Waals surface area contributed by atoms with E-state index < -0.39 is 11.6 Å². The molecule has 2 atom stereocenters. The van der Waals surface area contributed by atoms with E-state index >= 15 is 0 Å². The number of halogens is 2. The third kappa shape index (κ3) is 4.92. The van der Waals surface area contributed by atoms with E-state index in [1.165, 1.54) is 28.5 Å². The quantitative estimate of drug-likeness (QED) is 0.259. The highest BCUT2D eigenvalue weighted by Gasteiger charge is 2.41. The van der Waals surface area contributed by atoms with Crippen LogP contribution in [0.5, 0.6) is 5.75 Å². The Balaban J connectivity index is 1.07. The van der Waals surface area contributed by atoms with Gasteiger partial charge in [0.25, 0.3) is 0 Å². The maximum absolute atomic E-state index is 14.9. The van der Waals surface area contributed by atoms with Crippen LogP contribution in [0.2, 0.25) is 5.02 Å². The van der Waals surface area contributed by atoms with E-state index in [1.807, 2.05) is 19.1 Å². The van der Waals surface area contributed by atoms with Crippen LogP contribution in [-0.4, -0.2) is 51.3 Å². The largest absolute Gasteiger partial charge is 0.482 e. The van der Waals surface area contributed by atoms with Gasteiger partial charge in [-0.15, -0.1) is 11.3 Å². The molecule has 0 saturated carbocycles. The van der Waals surface area contributed by atoms with Crippen molar-refractivity contribution in [3.63, 3.8) is 0 Å². The van der Waals surface area contributed by atoms with Crippen molar-refractivity contribution in [1.82, 2.24) is 14.5 Å². The summed E-state index contributed by atoms with van der Waals surface area (Å²) >= 11 is 7.23. The number of aromatic carboxylic acids is 1. The van der Waals surface area contributed by atoms with Gasteiger partial charge in [0, 0.05) is 29.2 Å². The maximum Gasteiger partial charge on any atom is 0.346 e. The van der Waals surface area contributed by atoms with Crippen molar-refractivity contribution in [1.29, 1.82) is 0 Å². The van der Waals surface area contributed by atoms with Gasteiger partial charge in [-0.05, 0) is 75.0 Å². The number of carbonyl (C=O) groups is 1. The standard InChI is InChI=1S/C31H31ClFN3O4S/c1-31(23-6-5-19(32)13-24(23)33)15-22-21(3-2-4-26(22)40-31)18-7-10-35(11-8-18)17-28-34-29-25(14-27(41-29)30(37)38)36(28)16-20-9-12-39-20/h2-6,13-14,18,20H,7-12,15-17H2,1H3,(H,37,38)/t20-,31-/m0/s1. The Morgan fingerprint density at radius 3 is 2.73 bits per heavy atom. The number of likely N-dealkylation sites (tertiary alicyclic amines) is 1. The summed E-state index contributed by atoms with van der Waals surface area (Å²) in [6.07, 6.45) is 3.79. The summed E-state index contributed by atoms with van der Waals surface area (Å²) in [6.45, 7) is 6.00. The lowest BCUT2D eigenvalue weighted by atomic mass is 9.82. The zero-order chi connectivity index (χ0) is 28.3. The van der Waals surface area contributed by atoms with Gasteiger partial charge in [-0.2, -0.15) is 0 Å². The van der Waals surface area contributed by atoms with Crippen molar-refractivity contribution in [3.8, 4) is 5.75 Å². The molecule has 214 valence electrons. The Labute approximate surface area is 246 Å². The number of benzene rings is 2. The smallest absolute Gasteiger partial charge is 0.346 e. The molecule has 41 heavy (non-hydrogen) atoms. The normalized spacial score (nSPS) is 23.0. The highest BCUT2D eigenvalue weighted by atomic mass is 35.5. The second-order valence-corrected chi connectivity index (χ2v) is 13.0. The van der Waals surface area contributed by atoms with E-state index in [2.05, 4.69) is 15.5 Å². The van der Waals surface area contributed by atoms with Crippen LogP contribution < -0.4 is 4.74 Å². The molecule has 2 saturated heterocycles. The first-order chi connectivity index (χ1) is 19.8. The monoisotopic (exact) mass is 595 g/mol. The molecule has 1 N–H and O–H groups in total. The SMILES string of the molecule is C[C@@]1(c2ccc(Cl)cc2F)Cc2c(cccc2C2CCN(Cc3nc4sc(C(=O)O)cc4n3C[C@@H]3CCO3)CC2)O1. The van der Waals surface area contributed by atoms with Gasteiger partial charge in [0.1, 0.15) is 32.7 Å². The maximum atomic E-state index is 14.9. The van der Waals surface area contributed by atoms with Crippen molar-refractivity contribution in [2.75, 3.05) is 19.7 Å². The van der Waals surface area contributed by atoms with E-state index in [9.17, 15) is 14.3 Å². The Kier molecular flexibility index (Phi) is 6.81. The first-order valence-electron chi connectivity index (χ1n) is 14.1. The van der Waals surface area contributed by atoms with Gasteiger partial charge in [0.2, 0.25) is 0 Å². The van der Waals surface area contributed by atoms with Crippen molar-refractivity contribution < 1.29 is 23.8 Å². The molecule has 2 aromatic carbocycles. The summed E-state index contributed by atoms with van der Waals surface area (Å²) in [5.74, 6) is 0.935. The number of imidazole rings is 1. The first kappa shape index (κ1) is 26.9. The molecule has 7 nitrogen and oxygen atoms in total. The van der Waals surface area contributed by atoms with Gasteiger partial charge in [-0.25, -0.2) is 14.2 Å². The number of ether oxygens (including phenoxy) is 2. The molecule has 2 fully saturated rings. The molecule has 7 rings (SSSR count). The lowest BCUT2D eigenvalue weighted by Crippen LogP contribution is -2.35. The van der Waals surface area contributed by atoms with Crippen LogP contribution >= 0.6 is 22.9 Å². The minimum Gasteiger partial charge on any atom is -0.482 e. The summed E-state index contributed by atoms with van der Waals surface area (Å²) < 4.78 is 29.1. The van der Waals surface area contributed by atoms with Gasteiger partial charge in [-0.1, -0.05) is 29.8 Å². The van der Waals surface area contributed by atoms with E-state index in [0.29, 0.717) is 40.9 Å². The average Bonchev–Trinajstić information content (AvgIpc) is 3.57. The summed E-state index contributed by atoms with van der Waals surface area (Å²) in [5.41, 5.74) is 3.10. The third-order valence-corrected chi connectivity index (χ3v) is 10.1. The molecule has 0 unspecified atom stereocenters. The van der Waals surface area contributed by atoms with Crippen LogP contribution in [0, 0.1) is 5.82 Å². The Hall–Kier alpha value is -2.98. The van der Waals surface area contributed by atoms with Crippen LogP contribution in [0.3, 0.4) is 0 Å². The summed E-state index contributed by atoms with van der Waals surface area (Å²) in [5, 5.41) is 9.84. The van der Waals surface area contributed by atoms with Crippen LogP contribution in [0.1, 0.15) is 64.3 Å². The number of fused-ring (bicyclic) bond motifs is 2. The van der Waals surface area contributed by atoms with Crippen molar-refractivity contribution in [3.05, 3.63) is 80.7 Å². The van der Waals surface area contributed by atoms with Gasteiger partial charge in [0.05, 0.1) is 24.7 Å². The van der Waals surface area contributed by atoms with Gasteiger partial charge in [0.15, 0.2) is 0 Å². The fourth-order valence-corrected chi connectivity index (χ4v) is 7.61. The summed E-state index contributed by atoms with van der Waals surface area (Å²) in [4.78, 5) is 19.9. The summed E-state index contributed by atoms with van der Waals surface area (Å²) in [6, 6.07) is 12.8. The number of rotatable bonds is 7. The number of piperidine rings is 1. The molecular formula is C31H31ClFN3O4S. The fraction of sp³-hybridized carbons (Fsp3) is 0.419. The van der Waals surface area contributed by atoms with E-state index in [0.717, 1.165) is 60.9 Å². The molecule has 4 aromatic rings. The number of thiophene rings is 1. The molecule has 0 amide bonds. The number of hydrogen-bond donors (Lipinski definition) is 1. The zero-order valence-electron chi connectivity index (χ0n) is 22.7. The molecule has 3 aliphatic heterocycles. The number of aromatic nitrogens is 2. The lowest BCUT2D eigenvalue weighted by molar-refractivity contribution is -0.0592. The highest BCUT2D eigenvalue weighted by molar-refractivity contribution is 7.20. The first-order valence-corrected chi connectivity index (χ1v) is 15.3. The second-order valence-electron chi connectivity index (χ2n) is 11.5. The molecule has 0 aliphatic carbocycles. The molecule has 3 aliphatic rings. The molecule has 5 heterocycles. The van der Waals surface area contributed by atoms with E-state index in [4.69, 9.17) is 26.1 Å². The number of nitrogens with zero attached hydrogens (tertiary/aromatic N) is 3. The minimum atomic E-state index is -0.917. The van der Waals surface area contributed by atoms with Crippen molar-refractivity contribution in [2.24, 2.45) is 0 Å². The molecule has 0 radical (unpaired) electrons. The average molecular weight is 596 g/mol. The van der Waals surface area contributed by atoms with Crippen molar-refractivity contribution >= 4 is 39.3 Å². The number of carboxylic acids is 1. The third-order valence-electron chi connectivity index (χ3n) is 8.83. The van der Waals surface area contributed by atoms with Crippen molar-refractivity contribution in [2.45, 2.75) is 63.3 Å². The number of carboxylic acid groups (broad SMARTS) is 1. The van der Waals surface area contributed by atoms with Crippen LogP contribution in [0.25, 0.3) is 10.3 Å². The lowest BCUT2D eigenvalue weighted by Gasteiger charge is -2.33. The van der Waals surface area contributed by atoms with E-state index in [-0.39, 0.29) is 11.9 Å². The zero-order valence-corrected chi connectivity index (χ0v) is 24.3. The van der Waals surface area contributed by atoms with Gasteiger partial charge in [-0.3, -0.25) is 4.90 Å². The predicted molar refractivity (Wildman–Crippen MR) is 156 cm³/mol. The Morgan fingerprint density at radius 1 is 1.22 bits per heavy atom. The minimum absolute atomic E-state index is 0.152. The Morgan fingerprint density at radius 2 is 2.02 bits per heavy atom. The molecular weight excluding hydrogens is 565 g/mol. The summed E-state index contributed by atoms with van der Waals surface area (Å²) in [7, 11) is 0. The van der Waals surface area contributed by atoms with Crippen LogP contribution in [0.4, 0.5) is 4.39 Å². The second kappa shape index (κ2) is 10.4. The highest BCUT2D eigenvalue weighted by Crippen LogP contribution is 2.46. The van der Waals surface area contributed by atoms with E-state index in [1.54, 1.807) is 18.2 Å². The molecule has 2 aromatic heterocycles. The molecule has 0 spiro atoms.